The summed E-state index contributed by atoms with van der Waals surface area (Å²) in [5, 5.41) is 0. The van der Waals surface area contributed by atoms with E-state index in [4.69, 9.17) is 0 Å². The largest absolute Gasteiger partial charge is 0.374 e. The van der Waals surface area contributed by atoms with Crippen LogP contribution in [-0.2, 0) is 16.4 Å². The van der Waals surface area contributed by atoms with Crippen molar-refractivity contribution in [1.82, 2.24) is 14.5 Å². The molecule has 0 radical (unpaired) electrons. The number of likely N-dealkylation sites (N-methyl/N-ethyl adjacent to an activating group) is 2. The number of benzene rings is 2. The maximum Gasteiger partial charge on any atom is 0.243 e. The third-order valence-electron chi connectivity index (χ3n) is 6.19. The molecule has 2 heterocycles. The molecule has 8 heteroatoms. The predicted octanol–water partition coefficient (Wildman–Crippen LogP) is 2.08. The number of hydrogen-bond donors (Lipinski definition) is 1. The first-order valence-electron chi connectivity index (χ1n) is 10.4. The van der Waals surface area contributed by atoms with Crippen molar-refractivity contribution in [1.29, 1.82) is 0 Å². The van der Waals surface area contributed by atoms with E-state index < -0.39 is 15.8 Å². The quantitative estimate of drug-likeness (QED) is 0.758. The summed E-state index contributed by atoms with van der Waals surface area (Å²) in [5.41, 5.74) is 3.64. The van der Waals surface area contributed by atoms with Crippen LogP contribution in [0.25, 0.3) is 0 Å². The SMILES string of the molecule is CN1CCN([C@@H](CNS(=O)(=O)c2ccccc2F)c2ccc3c(c2)CCN3C)CC1. The van der Waals surface area contributed by atoms with Crippen LogP contribution in [0.4, 0.5) is 10.1 Å². The molecule has 2 aromatic carbocycles. The average Bonchev–Trinajstić information content (AvgIpc) is 3.10. The molecule has 162 valence electrons. The van der Waals surface area contributed by atoms with E-state index in [1.54, 1.807) is 0 Å². The lowest BCUT2D eigenvalue weighted by molar-refractivity contribution is 0.113. The number of rotatable bonds is 6. The maximum atomic E-state index is 14.1. The molecule has 1 N–H and O–H groups in total. The first-order chi connectivity index (χ1) is 14.3. The molecule has 1 saturated heterocycles. The fourth-order valence-electron chi connectivity index (χ4n) is 4.31. The van der Waals surface area contributed by atoms with Gasteiger partial charge in [0.15, 0.2) is 0 Å². The highest BCUT2D eigenvalue weighted by atomic mass is 32.2. The first-order valence-corrected chi connectivity index (χ1v) is 11.8. The van der Waals surface area contributed by atoms with Crippen LogP contribution in [0.1, 0.15) is 17.2 Å². The second-order valence-electron chi connectivity index (χ2n) is 8.20. The third-order valence-corrected chi connectivity index (χ3v) is 7.64. The summed E-state index contributed by atoms with van der Waals surface area (Å²) >= 11 is 0. The summed E-state index contributed by atoms with van der Waals surface area (Å²) in [4.78, 5) is 6.53. The van der Waals surface area contributed by atoms with Gasteiger partial charge in [0.1, 0.15) is 10.7 Å². The van der Waals surface area contributed by atoms with Crippen molar-refractivity contribution >= 4 is 15.7 Å². The molecule has 0 aromatic heterocycles. The number of halogens is 1. The van der Waals surface area contributed by atoms with Gasteiger partial charge in [0.05, 0.1) is 0 Å². The van der Waals surface area contributed by atoms with Gasteiger partial charge in [-0.3, -0.25) is 4.90 Å². The number of nitrogens with one attached hydrogen (secondary N) is 1. The van der Waals surface area contributed by atoms with E-state index in [0.717, 1.165) is 44.7 Å². The van der Waals surface area contributed by atoms with Crippen LogP contribution in [0.15, 0.2) is 47.4 Å². The Kier molecular flexibility index (Phi) is 6.11. The summed E-state index contributed by atoms with van der Waals surface area (Å²) in [5.74, 6) is -0.735. The molecule has 0 bridgehead atoms. The van der Waals surface area contributed by atoms with Crippen LogP contribution in [0, 0.1) is 5.82 Å². The fourth-order valence-corrected chi connectivity index (χ4v) is 5.43. The van der Waals surface area contributed by atoms with Crippen LogP contribution < -0.4 is 9.62 Å². The zero-order valence-electron chi connectivity index (χ0n) is 17.5. The van der Waals surface area contributed by atoms with Crippen molar-refractivity contribution in [3.8, 4) is 0 Å². The number of hydrogen-bond acceptors (Lipinski definition) is 5. The molecule has 2 aromatic rings. The highest BCUT2D eigenvalue weighted by molar-refractivity contribution is 7.89. The Morgan fingerprint density at radius 2 is 1.77 bits per heavy atom. The zero-order chi connectivity index (χ0) is 21.3. The molecule has 0 aliphatic carbocycles. The van der Waals surface area contributed by atoms with Gasteiger partial charge in [0.25, 0.3) is 0 Å². The Hall–Kier alpha value is -2.00. The van der Waals surface area contributed by atoms with E-state index in [1.165, 1.54) is 35.5 Å². The lowest BCUT2D eigenvalue weighted by atomic mass is 10.0. The second kappa shape index (κ2) is 8.63. The summed E-state index contributed by atoms with van der Waals surface area (Å²) in [6.07, 6.45) is 0.996. The lowest BCUT2D eigenvalue weighted by Crippen LogP contribution is -2.48. The molecule has 4 rings (SSSR count). The molecule has 0 saturated carbocycles. The normalized spacial score (nSPS) is 19.1. The van der Waals surface area contributed by atoms with Gasteiger partial charge in [0.2, 0.25) is 10.0 Å². The smallest absolute Gasteiger partial charge is 0.243 e. The van der Waals surface area contributed by atoms with E-state index in [2.05, 4.69) is 51.7 Å². The van der Waals surface area contributed by atoms with Gasteiger partial charge in [-0.1, -0.05) is 24.3 Å². The van der Waals surface area contributed by atoms with Crippen molar-refractivity contribution in [3.05, 3.63) is 59.4 Å². The summed E-state index contributed by atoms with van der Waals surface area (Å²) in [6.45, 7) is 4.79. The van der Waals surface area contributed by atoms with E-state index in [0.29, 0.717) is 0 Å². The van der Waals surface area contributed by atoms with Crippen LogP contribution in [-0.4, -0.2) is 71.6 Å². The van der Waals surface area contributed by atoms with Gasteiger partial charge in [-0.25, -0.2) is 17.5 Å². The highest BCUT2D eigenvalue weighted by Crippen LogP contribution is 2.31. The van der Waals surface area contributed by atoms with E-state index in [9.17, 15) is 12.8 Å². The zero-order valence-corrected chi connectivity index (χ0v) is 18.3. The molecular formula is C22H29FN4O2S. The van der Waals surface area contributed by atoms with Gasteiger partial charge < -0.3 is 9.80 Å². The minimum atomic E-state index is -3.93. The number of nitrogens with zero attached hydrogens (tertiary/aromatic N) is 3. The second-order valence-corrected chi connectivity index (χ2v) is 9.93. The van der Waals surface area contributed by atoms with Gasteiger partial charge >= 0.3 is 0 Å². The van der Waals surface area contributed by atoms with E-state index >= 15 is 0 Å². The molecule has 2 aliphatic heterocycles. The monoisotopic (exact) mass is 432 g/mol. The lowest BCUT2D eigenvalue weighted by Gasteiger charge is -2.38. The number of fused-ring (bicyclic) bond motifs is 1. The van der Waals surface area contributed by atoms with Crippen molar-refractivity contribution in [2.24, 2.45) is 0 Å². The minimum absolute atomic E-state index is 0.101. The predicted molar refractivity (Wildman–Crippen MR) is 117 cm³/mol. The van der Waals surface area contributed by atoms with Crippen LogP contribution >= 0.6 is 0 Å². The Morgan fingerprint density at radius 3 is 2.50 bits per heavy atom. The van der Waals surface area contributed by atoms with Gasteiger partial charge in [-0.2, -0.15) is 0 Å². The molecule has 1 fully saturated rings. The Balaban J connectivity index is 1.59. The Bertz CT molecular complexity index is 1010. The maximum absolute atomic E-state index is 14.1. The average molecular weight is 433 g/mol. The fraction of sp³-hybridized carbons (Fsp3) is 0.455. The summed E-state index contributed by atoms with van der Waals surface area (Å²) in [6, 6.07) is 11.8. The van der Waals surface area contributed by atoms with Crippen LogP contribution in [0.3, 0.4) is 0 Å². The van der Waals surface area contributed by atoms with Crippen LogP contribution in [0.2, 0.25) is 0 Å². The summed E-state index contributed by atoms with van der Waals surface area (Å²) < 4.78 is 42.3. The molecule has 0 unspecified atom stereocenters. The standard InChI is InChI=1S/C22H29FN4O2S/c1-25-11-13-27(14-12-25)21(17-7-8-20-18(15-17)9-10-26(20)2)16-24-30(28,29)22-6-4-3-5-19(22)23/h3-8,15,21,24H,9-14,16H2,1-2H3/t21-/m0/s1. The molecular weight excluding hydrogens is 403 g/mol. The molecule has 1 atom stereocenters. The Labute approximate surface area is 178 Å². The van der Waals surface area contributed by atoms with Crippen molar-refractivity contribution < 1.29 is 12.8 Å². The first kappa shape index (κ1) is 21.2. The van der Waals surface area contributed by atoms with Crippen molar-refractivity contribution in [3.63, 3.8) is 0 Å². The van der Waals surface area contributed by atoms with Gasteiger partial charge in [0, 0.05) is 58.0 Å². The topological polar surface area (TPSA) is 55.9 Å². The molecule has 6 nitrogen and oxygen atoms in total. The van der Waals surface area contributed by atoms with Gasteiger partial charge in [-0.05, 0) is 42.8 Å². The van der Waals surface area contributed by atoms with Crippen LogP contribution in [0.5, 0.6) is 0 Å². The van der Waals surface area contributed by atoms with Gasteiger partial charge in [-0.15, -0.1) is 0 Å². The Morgan fingerprint density at radius 1 is 1.03 bits per heavy atom. The minimum Gasteiger partial charge on any atom is -0.374 e. The van der Waals surface area contributed by atoms with Crippen molar-refractivity contribution in [2.45, 2.75) is 17.4 Å². The molecule has 2 aliphatic rings. The summed E-state index contributed by atoms with van der Waals surface area (Å²) in [7, 11) is 0.251. The molecule has 0 amide bonds. The third kappa shape index (κ3) is 4.37. The highest BCUT2D eigenvalue weighted by Gasteiger charge is 2.28. The number of anilines is 1. The molecule has 0 spiro atoms. The van der Waals surface area contributed by atoms with E-state index in [-0.39, 0.29) is 17.5 Å². The van der Waals surface area contributed by atoms with Crippen molar-refractivity contribution in [2.75, 3.05) is 58.3 Å². The van der Waals surface area contributed by atoms with E-state index in [1.807, 2.05) is 0 Å². The number of sulfonamides is 1. The molecule has 30 heavy (non-hydrogen) atoms. The number of piperazine rings is 1.